The molecule has 1 amide bonds. The van der Waals surface area contributed by atoms with Crippen molar-refractivity contribution in [2.75, 3.05) is 5.32 Å². The Bertz CT molecular complexity index is 569. The van der Waals surface area contributed by atoms with E-state index in [0.29, 0.717) is 17.4 Å². The Balaban J connectivity index is 1.99. The summed E-state index contributed by atoms with van der Waals surface area (Å²) in [6.45, 7) is 0.348. The number of nitrogens with two attached hydrogens (primary N) is 1. The molecule has 1 aromatic carbocycles. The van der Waals surface area contributed by atoms with Gasteiger partial charge in [0.15, 0.2) is 0 Å². The number of rotatable bonds is 4. The molecule has 0 atom stereocenters. The van der Waals surface area contributed by atoms with Crippen LogP contribution in [0.2, 0.25) is 5.02 Å². The minimum absolute atomic E-state index is 0.121. The SMILES string of the molecule is NCc1cccc(NC(=O)Cc2ccc(Cl)cc2)n1. The van der Waals surface area contributed by atoms with Crippen molar-refractivity contribution < 1.29 is 4.79 Å². The molecule has 0 aliphatic carbocycles. The first kappa shape index (κ1) is 13.5. The molecule has 0 aliphatic heterocycles. The molecule has 0 saturated carbocycles. The predicted octanol–water partition coefficient (Wildman–Crippen LogP) is 2.37. The first-order valence-electron chi connectivity index (χ1n) is 5.87. The van der Waals surface area contributed by atoms with Crippen LogP contribution in [-0.4, -0.2) is 10.9 Å². The highest BCUT2D eigenvalue weighted by atomic mass is 35.5. The summed E-state index contributed by atoms with van der Waals surface area (Å²) < 4.78 is 0. The third-order valence-electron chi connectivity index (χ3n) is 2.56. The van der Waals surface area contributed by atoms with Crippen LogP contribution in [0.25, 0.3) is 0 Å². The highest BCUT2D eigenvalue weighted by Gasteiger charge is 2.05. The van der Waals surface area contributed by atoms with Crippen molar-refractivity contribution in [2.24, 2.45) is 5.73 Å². The number of carbonyl (C=O) groups is 1. The van der Waals surface area contributed by atoms with Crippen LogP contribution in [0, 0.1) is 0 Å². The van der Waals surface area contributed by atoms with Crippen molar-refractivity contribution in [3.63, 3.8) is 0 Å². The number of hydrogen-bond acceptors (Lipinski definition) is 3. The van der Waals surface area contributed by atoms with Crippen molar-refractivity contribution in [1.82, 2.24) is 4.98 Å². The van der Waals surface area contributed by atoms with Gasteiger partial charge >= 0.3 is 0 Å². The molecule has 1 aromatic heterocycles. The second-order valence-electron chi connectivity index (χ2n) is 4.07. The molecular formula is C14H14ClN3O. The van der Waals surface area contributed by atoms with Gasteiger partial charge in [-0.2, -0.15) is 0 Å². The Hall–Kier alpha value is -1.91. The van der Waals surface area contributed by atoms with Crippen LogP contribution in [0.4, 0.5) is 5.82 Å². The third-order valence-corrected chi connectivity index (χ3v) is 2.81. The van der Waals surface area contributed by atoms with Gasteiger partial charge in [0.05, 0.1) is 12.1 Å². The van der Waals surface area contributed by atoms with Gasteiger partial charge in [0.1, 0.15) is 5.82 Å². The number of nitrogens with one attached hydrogen (secondary N) is 1. The number of hydrogen-bond donors (Lipinski definition) is 2. The Morgan fingerprint density at radius 2 is 1.95 bits per heavy atom. The van der Waals surface area contributed by atoms with E-state index in [1.165, 1.54) is 0 Å². The number of carbonyl (C=O) groups excluding carboxylic acids is 1. The van der Waals surface area contributed by atoms with Crippen LogP contribution in [0.1, 0.15) is 11.3 Å². The fourth-order valence-corrected chi connectivity index (χ4v) is 1.76. The Morgan fingerprint density at radius 3 is 2.63 bits per heavy atom. The van der Waals surface area contributed by atoms with Crippen molar-refractivity contribution in [2.45, 2.75) is 13.0 Å². The number of pyridine rings is 1. The summed E-state index contributed by atoms with van der Waals surface area (Å²) in [6, 6.07) is 12.5. The highest BCUT2D eigenvalue weighted by Crippen LogP contribution is 2.11. The van der Waals surface area contributed by atoms with Crippen LogP contribution in [0.3, 0.4) is 0 Å². The number of anilines is 1. The number of halogens is 1. The quantitative estimate of drug-likeness (QED) is 0.900. The zero-order valence-corrected chi connectivity index (χ0v) is 11.0. The lowest BCUT2D eigenvalue weighted by atomic mass is 10.1. The molecule has 19 heavy (non-hydrogen) atoms. The van der Waals surface area contributed by atoms with Gasteiger partial charge < -0.3 is 11.1 Å². The van der Waals surface area contributed by atoms with Crippen molar-refractivity contribution in [1.29, 1.82) is 0 Å². The molecule has 0 saturated heterocycles. The van der Waals surface area contributed by atoms with Gasteiger partial charge in [-0.05, 0) is 29.8 Å². The smallest absolute Gasteiger partial charge is 0.229 e. The van der Waals surface area contributed by atoms with E-state index < -0.39 is 0 Å². The first-order valence-corrected chi connectivity index (χ1v) is 6.25. The molecule has 2 rings (SSSR count). The number of nitrogens with zero attached hydrogens (tertiary/aromatic N) is 1. The van der Waals surface area contributed by atoms with Gasteiger partial charge in [-0.15, -0.1) is 0 Å². The van der Waals surface area contributed by atoms with Crippen LogP contribution in [-0.2, 0) is 17.8 Å². The van der Waals surface area contributed by atoms with E-state index >= 15 is 0 Å². The van der Waals surface area contributed by atoms with Gasteiger partial charge in [0, 0.05) is 11.6 Å². The van der Waals surface area contributed by atoms with Crippen molar-refractivity contribution in [3.8, 4) is 0 Å². The maximum Gasteiger partial charge on any atom is 0.229 e. The van der Waals surface area contributed by atoms with Gasteiger partial charge in [0.2, 0.25) is 5.91 Å². The summed E-state index contributed by atoms with van der Waals surface area (Å²) in [7, 11) is 0. The third kappa shape index (κ3) is 4.05. The molecule has 0 aliphatic rings. The van der Waals surface area contributed by atoms with E-state index in [1.807, 2.05) is 24.3 Å². The molecule has 0 bridgehead atoms. The number of amides is 1. The van der Waals surface area contributed by atoms with E-state index in [2.05, 4.69) is 10.3 Å². The molecule has 2 aromatic rings. The van der Waals surface area contributed by atoms with Crippen LogP contribution in [0.15, 0.2) is 42.5 Å². The molecule has 98 valence electrons. The predicted molar refractivity (Wildman–Crippen MR) is 75.9 cm³/mol. The Morgan fingerprint density at radius 1 is 1.21 bits per heavy atom. The number of benzene rings is 1. The van der Waals surface area contributed by atoms with Gasteiger partial charge in [-0.1, -0.05) is 29.8 Å². The molecule has 0 unspecified atom stereocenters. The topological polar surface area (TPSA) is 68.0 Å². The molecule has 0 radical (unpaired) electrons. The average Bonchev–Trinajstić information content (AvgIpc) is 2.41. The second kappa shape index (κ2) is 6.31. The molecule has 3 N–H and O–H groups in total. The fourth-order valence-electron chi connectivity index (χ4n) is 1.64. The molecular weight excluding hydrogens is 262 g/mol. The van der Waals surface area contributed by atoms with E-state index in [1.54, 1.807) is 18.2 Å². The minimum atomic E-state index is -0.121. The normalized spacial score (nSPS) is 10.2. The number of aromatic nitrogens is 1. The van der Waals surface area contributed by atoms with Crippen molar-refractivity contribution in [3.05, 3.63) is 58.7 Å². The molecule has 0 fully saturated rings. The van der Waals surface area contributed by atoms with Crippen LogP contribution >= 0.6 is 11.6 Å². The average molecular weight is 276 g/mol. The molecule has 4 nitrogen and oxygen atoms in total. The lowest BCUT2D eigenvalue weighted by Crippen LogP contribution is -2.16. The van der Waals surface area contributed by atoms with E-state index in [-0.39, 0.29) is 12.3 Å². The Labute approximate surface area is 116 Å². The molecule has 0 spiro atoms. The van der Waals surface area contributed by atoms with Crippen LogP contribution < -0.4 is 11.1 Å². The first-order chi connectivity index (χ1) is 9.17. The monoisotopic (exact) mass is 275 g/mol. The fraction of sp³-hybridized carbons (Fsp3) is 0.143. The zero-order valence-electron chi connectivity index (χ0n) is 10.3. The zero-order chi connectivity index (χ0) is 13.7. The summed E-state index contributed by atoms with van der Waals surface area (Å²) in [5, 5.41) is 3.40. The Kier molecular flexibility index (Phi) is 4.49. The summed E-state index contributed by atoms with van der Waals surface area (Å²) in [4.78, 5) is 16.1. The van der Waals surface area contributed by atoms with Gasteiger partial charge in [-0.3, -0.25) is 4.79 Å². The molecule has 1 heterocycles. The lowest BCUT2D eigenvalue weighted by molar-refractivity contribution is -0.115. The van der Waals surface area contributed by atoms with Crippen molar-refractivity contribution >= 4 is 23.3 Å². The second-order valence-corrected chi connectivity index (χ2v) is 4.51. The highest BCUT2D eigenvalue weighted by molar-refractivity contribution is 6.30. The standard InChI is InChI=1S/C14H14ClN3O/c15-11-6-4-10(5-7-11)8-14(19)18-13-3-1-2-12(9-16)17-13/h1-7H,8-9,16H2,(H,17,18,19). The minimum Gasteiger partial charge on any atom is -0.325 e. The van der Waals surface area contributed by atoms with E-state index in [9.17, 15) is 4.79 Å². The summed E-state index contributed by atoms with van der Waals surface area (Å²) in [5.41, 5.74) is 7.14. The summed E-state index contributed by atoms with van der Waals surface area (Å²) >= 11 is 5.79. The largest absolute Gasteiger partial charge is 0.325 e. The summed E-state index contributed by atoms with van der Waals surface area (Å²) in [6.07, 6.45) is 0.283. The lowest BCUT2D eigenvalue weighted by Gasteiger charge is -2.06. The summed E-state index contributed by atoms with van der Waals surface area (Å²) in [5.74, 6) is 0.394. The van der Waals surface area contributed by atoms with E-state index in [0.717, 1.165) is 11.3 Å². The van der Waals surface area contributed by atoms with Crippen LogP contribution in [0.5, 0.6) is 0 Å². The van der Waals surface area contributed by atoms with Gasteiger partial charge in [-0.25, -0.2) is 4.98 Å². The maximum absolute atomic E-state index is 11.9. The van der Waals surface area contributed by atoms with E-state index in [4.69, 9.17) is 17.3 Å². The van der Waals surface area contributed by atoms with Gasteiger partial charge in [0.25, 0.3) is 0 Å². The molecule has 5 heteroatoms. The maximum atomic E-state index is 11.9.